The molecule has 0 saturated carbocycles. The van der Waals surface area contributed by atoms with E-state index in [1.54, 1.807) is 6.07 Å². The van der Waals surface area contributed by atoms with E-state index in [1.165, 1.54) is 24.3 Å². The Labute approximate surface area is 237 Å². The van der Waals surface area contributed by atoms with E-state index < -0.39 is 51.4 Å². The molecule has 0 saturated heterocycles. The molecule has 4 aromatic rings. The van der Waals surface area contributed by atoms with E-state index in [9.17, 15) is 39.5 Å². The third-order valence-corrected chi connectivity index (χ3v) is 7.62. The van der Waals surface area contributed by atoms with Gasteiger partial charge in [0.2, 0.25) is 0 Å². The van der Waals surface area contributed by atoms with Crippen molar-refractivity contribution in [2.24, 2.45) is 0 Å². The van der Waals surface area contributed by atoms with Crippen molar-refractivity contribution in [2.45, 2.75) is 18.5 Å². The van der Waals surface area contributed by atoms with Crippen molar-refractivity contribution in [1.82, 2.24) is 0 Å². The van der Waals surface area contributed by atoms with Gasteiger partial charge in [0.05, 0.1) is 21.7 Å². The van der Waals surface area contributed by atoms with E-state index in [2.05, 4.69) is 31.9 Å². The first-order chi connectivity index (χ1) is 18.0. The van der Waals surface area contributed by atoms with E-state index in [0.29, 0.717) is 12.1 Å². The molecule has 0 spiro atoms. The Balaban J connectivity index is 2.15. The zero-order valence-corrected chi connectivity index (χ0v) is 22.9. The fraction of sp³-hybridized carbons (Fsp3) is 0.111. The molecule has 0 bridgehead atoms. The lowest BCUT2D eigenvalue weighted by molar-refractivity contribution is -0.138. The Kier molecular flexibility index (Phi) is 7.92. The molecule has 0 N–H and O–H groups in total. The summed E-state index contributed by atoms with van der Waals surface area (Å²) in [6.07, 6.45) is -14.5. The number of hydrogen-bond acceptors (Lipinski definition) is 0. The van der Waals surface area contributed by atoms with Crippen molar-refractivity contribution in [3.05, 3.63) is 103 Å². The maximum absolute atomic E-state index is 14.7. The third kappa shape index (κ3) is 5.85. The molecule has 0 aromatic heterocycles. The summed E-state index contributed by atoms with van der Waals surface area (Å²) >= 11 is 12.8. The molecule has 0 amide bonds. The molecule has 0 heterocycles. The molecule has 4 rings (SSSR count). The summed E-state index contributed by atoms with van der Waals surface area (Å²) in [4.78, 5) is 0. The predicted octanol–water partition coefficient (Wildman–Crippen LogP) is 11.9. The van der Waals surface area contributed by atoms with E-state index in [1.807, 2.05) is 0 Å². The van der Waals surface area contributed by atoms with Gasteiger partial charge in [0, 0.05) is 25.6 Å². The molecule has 0 aliphatic carbocycles. The van der Waals surface area contributed by atoms with E-state index >= 15 is 0 Å². The summed E-state index contributed by atoms with van der Waals surface area (Å²) in [5.74, 6) is 0. The van der Waals surface area contributed by atoms with Crippen LogP contribution in [0, 0.1) is 0 Å². The van der Waals surface area contributed by atoms with Gasteiger partial charge in [-0.15, -0.1) is 0 Å². The highest BCUT2D eigenvalue weighted by molar-refractivity contribution is 9.11. The lowest BCUT2D eigenvalue weighted by atomic mass is 9.87. The fourth-order valence-electron chi connectivity index (χ4n) is 4.08. The van der Waals surface area contributed by atoms with Crippen LogP contribution in [0.15, 0.2) is 81.7 Å². The van der Waals surface area contributed by atoms with E-state index in [0.717, 1.165) is 30.3 Å². The molecule has 0 fully saturated rings. The van der Waals surface area contributed by atoms with Gasteiger partial charge in [0.1, 0.15) is 0 Å². The zero-order valence-electron chi connectivity index (χ0n) is 19.0. The van der Waals surface area contributed by atoms with Crippen LogP contribution in [0.2, 0.25) is 5.02 Å². The highest BCUT2D eigenvalue weighted by Gasteiger charge is 2.41. The molecular weight excluding hydrogens is 691 g/mol. The van der Waals surface area contributed by atoms with Gasteiger partial charge in [-0.05, 0) is 56.9 Å². The minimum absolute atomic E-state index is 0.0268. The zero-order chi connectivity index (χ0) is 28.9. The van der Waals surface area contributed by atoms with Crippen LogP contribution in [0.5, 0.6) is 0 Å². The maximum Gasteiger partial charge on any atom is 0.417 e. The van der Waals surface area contributed by atoms with Crippen molar-refractivity contribution in [3.63, 3.8) is 0 Å². The molecule has 0 nitrogen and oxygen atoms in total. The Morgan fingerprint density at radius 1 is 0.538 bits per heavy atom. The predicted molar refractivity (Wildman–Crippen MR) is 138 cm³/mol. The Bertz CT molecular complexity index is 1520. The van der Waals surface area contributed by atoms with Crippen LogP contribution in [0.4, 0.5) is 39.5 Å². The first-order valence-electron chi connectivity index (χ1n) is 10.7. The molecule has 12 heteroatoms. The maximum atomic E-state index is 14.7. The van der Waals surface area contributed by atoms with Crippen LogP contribution >= 0.6 is 43.5 Å². The van der Waals surface area contributed by atoms with Gasteiger partial charge in [-0.1, -0.05) is 76.1 Å². The standard InChI is InChI=1S/C27H12Br2ClF9/c28-18-12-16(26(34,35)36)10-11-17(18)21-23(29)19(14-6-8-15(9-7-14)25(31,32)33)22(27(37,38)39)20(24(21)30)13-4-2-1-3-5-13/h1-12H. The second kappa shape index (κ2) is 10.5. The summed E-state index contributed by atoms with van der Waals surface area (Å²) in [6.45, 7) is 0. The second-order valence-electron chi connectivity index (χ2n) is 8.26. The fourth-order valence-corrected chi connectivity index (χ4v) is 6.01. The first-order valence-corrected chi connectivity index (χ1v) is 12.7. The Morgan fingerprint density at radius 2 is 1.05 bits per heavy atom. The summed E-state index contributed by atoms with van der Waals surface area (Å²) in [6, 6.07) is 12.9. The minimum Gasteiger partial charge on any atom is -0.166 e. The lowest BCUT2D eigenvalue weighted by Gasteiger charge is -2.25. The third-order valence-electron chi connectivity index (χ3n) is 5.79. The van der Waals surface area contributed by atoms with Gasteiger partial charge in [0.15, 0.2) is 0 Å². The first kappa shape index (κ1) is 29.5. The largest absolute Gasteiger partial charge is 0.417 e. The molecule has 0 aliphatic rings. The smallest absolute Gasteiger partial charge is 0.166 e. The van der Waals surface area contributed by atoms with Gasteiger partial charge in [-0.3, -0.25) is 0 Å². The lowest BCUT2D eigenvalue weighted by Crippen LogP contribution is -2.12. The van der Waals surface area contributed by atoms with Crippen molar-refractivity contribution >= 4 is 43.5 Å². The molecule has 0 aliphatic heterocycles. The number of halogens is 12. The van der Waals surface area contributed by atoms with Crippen LogP contribution in [0.25, 0.3) is 33.4 Å². The van der Waals surface area contributed by atoms with Gasteiger partial charge in [0.25, 0.3) is 0 Å². The van der Waals surface area contributed by atoms with Gasteiger partial charge in [-0.2, -0.15) is 39.5 Å². The number of rotatable bonds is 3. The van der Waals surface area contributed by atoms with E-state index in [-0.39, 0.29) is 31.2 Å². The van der Waals surface area contributed by atoms with Crippen molar-refractivity contribution in [1.29, 1.82) is 0 Å². The van der Waals surface area contributed by atoms with E-state index in [4.69, 9.17) is 11.6 Å². The number of hydrogen-bond donors (Lipinski definition) is 0. The van der Waals surface area contributed by atoms with Crippen LogP contribution in [-0.4, -0.2) is 0 Å². The summed E-state index contributed by atoms with van der Waals surface area (Å²) in [5.41, 5.74) is -4.55. The minimum atomic E-state index is -5.04. The molecular formula is C27H12Br2ClF9. The summed E-state index contributed by atoms with van der Waals surface area (Å²) in [7, 11) is 0. The van der Waals surface area contributed by atoms with Crippen LogP contribution < -0.4 is 0 Å². The highest BCUT2D eigenvalue weighted by Crippen LogP contribution is 2.55. The summed E-state index contributed by atoms with van der Waals surface area (Å²) < 4.78 is 123. The van der Waals surface area contributed by atoms with Crippen molar-refractivity contribution in [3.8, 4) is 33.4 Å². The van der Waals surface area contributed by atoms with Crippen molar-refractivity contribution in [2.75, 3.05) is 0 Å². The molecule has 4 aromatic carbocycles. The van der Waals surface area contributed by atoms with Crippen LogP contribution in [0.1, 0.15) is 16.7 Å². The van der Waals surface area contributed by atoms with Gasteiger partial charge >= 0.3 is 18.5 Å². The molecule has 0 atom stereocenters. The molecule has 39 heavy (non-hydrogen) atoms. The van der Waals surface area contributed by atoms with Crippen LogP contribution in [-0.2, 0) is 18.5 Å². The second-order valence-corrected chi connectivity index (χ2v) is 10.3. The highest BCUT2D eigenvalue weighted by atomic mass is 79.9. The van der Waals surface area contributed by atoms with Crippen molar-refractivity contribution < 1.29 is 39.5 Å². The average molecular weight is 703 g/mol. The Morgan fingerprint density at radius 3 is 1.54 bits per heavy atom. The topological polar surface area (TPSA) is 0 Å². The number of benzene rings is 4. The van der Waals surface area contributed by atoms with Crippen LogP contribution in [0.3, 0.4) is 0 Å². The quantitative estimate of drug-likeness (QED) is 0.187. The molecule has 0 unspecified atom stereocenters. The number of alkyl halides is 9. The normalized spacial score (nSPS) is 12.6. The van der Waals surface area contributed by atoms with Gasteiger partial charge in [-0.25, -0.2) is 0 Å². The Hall–Kier alpha value is -2.50. The molecule has 204 valence electrons. The average Bonchev–Trinajstić information content (AvgIpc) is 2.83. The summed E-state index contributed by atoms with van der Waals surface area (Å²) in [5, 5.41) is -0.420. The van der Waals surface area contributed by atoms with Gasteiger partial charge < -0.3 is 0 Å². The molecule has 0 radical (unpaired) electrons. The SMILES string of the molecule is FC(F)(F)c1ccc(-c2c(Br)c(-c3ccc(C(F)(F)F)cc3Br)c(Cl)c(-c3ccccc3)c2C(F)(F)F)cc1. The monoisotopic (exact) mass is 700 g/mol.